The van der Waals surface area contributed by atoms with Crippen LogP contribution in [0.25, 0.3) is 0 Å². The van der Waals surface area contributed by atoms with Gasteiger partial charge in [-0.1, -0.05) is 30.7 Å². The number of thioether (sulfide) groups is 2. The van der Waals surface area contributed by atoms with Gasteiger partial charge in [-0.25, -0.2) is 4.98 Å². The molecule has 2 unspecified atom stereocenters. The number of hydrogen-bond acceptors (Lipinski definition) is 3. The second-order valence-corrected chi connectivity index (χ2v) is 9.59. The van der Waals surface area contributed by atoms with Crippen LogP contribution in [0.2, 0.25) is 5.02 Å². The van der Waals surface area contributed by atoms with Crippen molar-refractivity contribution < 1.29 is 0 Å². The summed E-state index contributed by atoms with van der Waals surface area (Å²) in [6.07, 6.45) is 9.50. The predicted molar refractivity (Wildman–Crippen MR) is 98.9 cm³/mol. The SMILES string of the molecule is CCC1CCSC(Cc2ccc(Cl)cc2)(Cn2ccnc2)S1. The average molecular weight is 353 g/mol. The fourth-order valence-electron chi connectivity index (χ4n) is 2.86. The summed E-state index contributed by atoms with van der Waals surface area (Å²) in [5.41, 5.74) is 1.36. The Balaban J connectivity index is 1.83. The number of halogens is 1. The molecule has 2 heterocycles. The van der Waals surface area contributed by atoms with Crippen molar-refractivity contribution in [2.24, 2.45) is 0 Å². The van der Waals surface area contributed by atoms with E-state index in [9.17, 15) is 0 Å². The van der Waals surface area contributed by atoms with Gasteiger partial charge in [0.2, 0.25) is 0 Å². The molecule has 2 nitrogen and oxygen atoms in total. The van der Waals surface area contributed by atoms with E-state index in [0.717, 1.165) is 23.2 Å². The normalized spacial score (nSPS) is 25.3. The topological polar surface area (TPSA) is 17.8 Å². The molecule has 2 atom stereocenters. The Kier molecular flexibility index (Phi) is 5.42. The molecule has 3 rings (SSSR count). The molecule has 1 aliphatic rings. The van der Waals surface area contributed by atoms with Crippen molar-refractivity contribution in [2.45, 2.75) is 42.1 Å². The lowest BCUT2D eigenvalue weighted by Gasteiger charge is -2.40. The highest BCUT2D eigenvalue weighted by Crippen LogP contribution is 2.49. The van der Waals surface area contributed by atoms with Gasteiger partial charge in [-0.2, -0.15) is 0 Å². The first-order valence-corrected chi connectivity index (χ1v) is 9.95. The number of rotatable bonds is 5. The average Bonchev–Trinajstić information content (AvgIpc) is 3.02. The molecule has 1 aromatic heterocycles. The zero-order valence-corrected chi connectivity index (χ0v) is 15.1. The second-order valence-electron chi connectivity index (χ2n) is 5.73. The van der Waals surface area contributed by atoms with E-state index >= 15 is 0 Å². The van der Waals surface area contributed by atoms with E-state index in [4.69, 9.17) is 11.6 Å². The van der Waals surface area contributed by atoms with Gasteiger partial charge in [-0.3, -0.25) is 0 Å². The molecule has 2 aromatic rings. The monoisotopic (exact) mass is 352 g/mol. The molecule has 0 spiro atoms. The molecular weight excluding hydrogens is 332 g/mol. The van der Waals surface area contributed by atoms with Crippen LogP contribution in [0.1, 0.15) is 25.3 Å². The van der Waals surface area contributed by atoms with Gasteiger partial charge in [0.1, 0.15) is 0 Å². The molecule has 0 aliphatic carbocycles. The predicted octanol–water partition coefficient (Wildman–Crippen LogP) is 5.12. The van der Waals surface area contributed by atoms with Crippen LogP contribution in [0.5, 0.6) is 0 Å². The highest BCUT2D eigenvalue weighted by atomic mass is 35.5. The first-order valence-electron chi connectivity index (χ1n) is 7.71. The third-order valence-corrected chi connectivity index (χ3v) is 7.75. The minimum absolute atomic E-state index is 0.188. The summed E-state index contributed by atoms with van der Waals surface area (Å²) in [4.78, 5) is 4.20. The molecule has 1 aliphatic heterocycles. The van der Waals surface area contributed by atoms with Crippen molar-refractivity contribution in [1.29, 1.82) is 0 Å². The first-order chi connectivity index (χ1) is 10.7. The zero-order chi connectivity index (χ0) is 15.4. The largest absolute Gasteiger partial charge is 0.335 e. The van der Waals surface area contributed by atoms with Gasteiger partial charge >= 0.3 is 0 Å². The second kappa shape index (κ2) is 7.33. The number of benzene rings is 1. The Hall–Kier alpha value is -0.580. The van der Waals surface area contributed by atoms with E-state index in [0.29, 0.717) is 0 Å². The van der Waals surface area contributed by atoms with Crippen LogP contribution in [0.15, 0.2) is 43.0 Å². The van der Waals surface area contributed by atoms with Crippen LogP contribution in [-0.4, -0.2) is 24.6 Å². The summed E-state index contributed by atoms with van der Waals surface area (Å²) < 4.78 is 2.40. The highest BCUT2D eigenvalue weighted by Gasteiger charge is 2.37. The molecule has 0 bridgehead atoms. The van der Waals surface area contributed by atoms with Crippen LogP contribution in [-0.2, 0) is 13.0 Å². The maximum Gasteiger partial charge on any atom is 0.0946 e. The van der Waals surface area contributed by atoms with Gasteiger partial charge in [0.05, 0.1) is 10.4 Å². The van der Waals surface area contributed by atoms with Crippen LogP contribution < -0.4 is 0 Å². The lowest BCUT2D eigenvalue weighted by molar-refractivity contribution is 0.608. The van der Waals surface area contributed by atoms with E-state index in [1.54, 1.807) is 0 Å². The molecule has 0 N–H and O–H groups in total. The van der Waals surface area contributed by atoms with Crippen molar-refractivity contribution in [3.63, 3.8) is 0 Å². The van der Waals surface area contributed by atoms with Crippen molar-refractivity contribution in [3.05, 3.63) is 53.6 Å². The van der Waals surface area contributed by atoms with Crippen LogP contribution in [0.4, 0.5) is 0 Å². The van der Waals surface area contributed by atoms with Gasteiger partial charge in [0, 0.05) is 29.2 Å². The van der Waals surface area contributed by atoms with Crippen molar-refractivity contribution in [1.82, 2.24) is 9.55 Å². The summed E-state index contributed by atoms with van der Waals surface area (Å²) in [5, 5.41) is 1.57. The van der Waals surface area contributed by atoms with Crippen LogP contribution >= 0.6 is 35.1 Å². The van der Waals surface area contributed by atoms with Crippen molar-refractivity contribution in [3.8, 4) is 0 Å². The molecule has 1 fully saturated rings. The summed E-state index contributed by atoms with van der Waals surface area (Å²) in [6.45, 7) is 3.30. The standard InChI is InChI=1S/C17H21ClN2S2/c1-2-16-7-10-21-17(22-16,12-20-9-8-19-13-20)11-14-3-5-15(18)6-4-14/h3-6,8-9,13,16H,2,7,10-12H2,1H3. The summed E-state index contributed by atoms with van der Waals surface area (Å²) in [7, 11) is 0. The Labute approximate surface area is 146 Å². The highest BCUT2D eigenvalue weighted by molar-refractivity contribution is 8.19. The molecule has 0 amide bonds. The lowest BCUT2D eigenvalue weighted by atomic mass is 10.1. The third-order valence-electron chi connectivity index (χ3n) is 4.01. The van der Waals surface area contributed by atoms with E-state index in [2.05, 4.69) is 58.3 Å². The number of hydrogen-bond donors (Lipinski definition) is 0. The Morgan fingerprint density at radius 2 is 2.18 bits per heavy atom. The molecule has 5 heteroatoms. The molecule has 0 radical (unpaired) electrons. The van der Waals surface area contributed by atoms with Crippen LogP contribution in [0, 0.1) is 0 Å². The number of imidazole rings is 1. The fourth-order valence-corrected chi connectivity index (χ4v) is 6.84. The van der Waals surface area contributed by atoms with E-state index in [1.165, 1.54) is 24.2 Å². The Bertz CT molecular complexity index is 585. The molecule has 1 aromatic carbocycles. The Morgan fingerprint density at radius 3 is 2.86 bits per heavy atom. The molecule has 1 saturated heterocycles. The van der Waals surface area contributed by atoms with Gasteiger partial charge in [-0.15, -0.1) is 23.5 Å². The Morgan fingerprint density at radius 1 is 1.36 bits per heavy atom. The quantitative estimate of drug-likeness (QED) is 0.743. The molecule has 118 valence electrons. The molecular formula is C17H21ClN2S2. The van der Waals surface area contributed by atoms with Gasteiger partial charge in [0.25, 0.3) is 0 Å². The zero-order valence-electron chi connectivity index (χ0n) is 12.7. The molecule has 0 saturated carbocycles. The lowest BCUT2D eigenvalue weighted by Crippen LogP contribution is -2.35. The minimum atomic E-state index is 0.188. The van der Waals surface area contributed by atoms with E-state index in [1.807, 2.05) is 24.7 Å². The summed E-state index contributed by atoms with van der Waals surface area (Å²) in [6, 6.07) is 8.32. The summed E-state index contributed by atoms with van der Waals surface area (Å²) in [5.74, 6) is 1.24. The van der Waals surface area contributed by atoms with Crippen LogP contribution in [0.3, 0.4) is 0 Å². The van der Waals surface area contributed by atoms with Crippen molar-refractivity contribution in [2.75, 3.05) is 5.75 Å². The van der Waals surface area contributed by atoms with Gasteiger partial charge < -0.3 is 4.57 Å². The third kappa shape index (κ3) is 4.03. The van der Waals surface area contributed by atoms with E-state index < -0.39 is 0 Å². The fraction of sp³-hybridized carbons (Fsp3) is 0.471. The van der Waals surface area contributed by atoms with E-state index in [-0.39, 0.29) is 4.08 Å². The maximum absolute atomic E-state index is 6.03. The number of nitrogens with zero attached hydrogens (tertiary/aromatic N) is 2. The molecule has 22 heavy (non-hydrogen) atoms. The number of aromatic nitrogens is 2. The maximum atomic E-state index is 6.03. The smallest absolute Gasteiger partial charge is 0.0946 e. The first kappa shape index (κ1) is 16.3. The van der Waals surface area contributed by atoms with Gasteiger partial charge in [0.15, 0.2) is 0 Å². The minimum Gasteiger partial charge on any atom is -0.335 e. The van der Waals surface area contributed by atoms with Crippen molar-refractivity contribution >= 4 is 35.1 Å². The summed E-state index contributed by atoms with van der Waals surface area (Å²) >= 11 is 10.3. The van der Waals surface area contributed by atoms with Gasteiger partial charge in [-0.05, 0) is 42.7 Å².